The van der Waals surface area contributed by atoms with Gasteiger partial charge in [-0.25, -0.2) is 0 Å². The Morgan fingerprint density at radius 2 is 2.29 bits per heavy atom. The van der Waals surface area contributed by atoms with Crippen LogP contribution in [0.15, 0.2) is 29.8 Å². The first-order valence-corrected chi connectivity index (χ1v) is 5.40. The first-order chi connectivity index (χ1) is 8.02. The van der Waals surface area contributed by atoms with E-state index in [0.717, 1.165) is 0 Å². The molecule has 0 radical (unpaired) electrons. The van der Waals surface area contributed by atoms with Gasteiger partial charge in [-0.15, -0.1) is 0 Å². The van der Waals surface area contributed by atoms with E-state index in [0.29, 0.717) is 29.6 Å². The molecule has 5 nitrogen and oxygen atoms in total. The maximum Gasteiger partial charge on any atom is 0.275 e. The average Bonchev–Trinajstić information content (AvgIpc) is 2.26. The summed E-state index contributed by atoms with van der Waals surface area (Å²) in [7, 11) is 0. The van der Waals surface area contributed by atoms with E-state index >= 15 is 0 Å². The summed E-state index contributed by atoms with van der Waals surface area (Å²) in [5.74, 6) is 0.449. The number of benzene rings is 1. The summed E-state index contributed by atoms with van der Waals surface area (Å²) in [5.41, 5.74) is 0.545. The van der Waals surface area contributed by atoms with E-state index in [9.17, 15) is 10.1 Å². The number of hydrogen-bond acceptors (Lipinski definition) is 4. The predicted octanol–water partition coefficient (Wildman–Crippen LogP) is 3.16. The second kappa shape index (κ2) is 6.10. The van der Waals surface area contributed by atoms with Crippen LogP contribution >= 0.6 is 11.6 Å². The largest absolute Gasteiger partial charge is 0.494 e. The minimum absolute atomic E-state index is 0.0290. The summed E-state index contributed by atoms with van der Waals surface area (Å²) in [6.07, 6.45) is 0. The van der Waals surface area contributed by atoms with Crippen LogP contribution in [0.1, 0.15) is 6.92 Å². The fraction of sp³-hybridized carbons (Fsp3) is 0.273. The highest BCUT2D eigenvalue weighted by Gasteiger charge is 2.10. The molecule has 0 aliphatic carbocycles. The van der Waals surface area contributed by atoms with Crippen molar-refractivity contribution < 1.29 is 9.66 Å². The third-order valence-corrected chi connectivity index (χ3v) is 2.03. The summed E-state index contributed by atoms with van der Waals surface area (Å²) in [6, 6.07) is 4.48. The van der Waals surface area contributed by atoms with Crippen molar-refractivity contribution in [3.05, 3.63) is 39.9 Å². The number of hydrogen-bond donors (Lipinski definition) is 1. The Bertz CT molecular complexity index is 435. The molecule has 1 aromatic rings. The second-order valence-corrected chi connectivity index (χ2v) is 3.81. The third kappa shape index (κ3) is 4.32. The number of anilines is 1. The SMILES string of the molecule is C=C(Cl)CNc1cc(OCC)cc([N+](=O)[O-])c1. The maximum atomic E-state index is 10.7. The van der Waals surface area contributed by atoms with Gasteiger partial charge in [-0.05, 0) is 6.92 Å². The predicted molar refractivity (Wildman–Crippen MR) is 67.7 cm³/mol. The van der Waals surface area contributed by atoms with Crippen molar-refractivity contribution in [3.63, 3.8) is 0 Å². The number of nitro benzene ring substituents is 1. The maximum absolute atomic E-state index is 10.7. The van der Waals surface area contributed by atoms with E-state index < -0.39 is 4.92 Å². The molecule has 1 aromatic carbocycles. The Labute approximate surface area is 104 Å². The van der Waals surface area contributed by atoms with Crippen LogP contribution in [0.3, 0.4) is 0 Å². The molecule has 1 N–H and O–H groups in total. The molecule has 92 valence electrons. The van der Waals surface area contributed by atoms with Crippen molar-refractivity contribution in [2.45, 2.75) is 6.92 Å². The lowest BCUT2D eigenvalue weighted by atomic mass is 10.2. The van der Waals surface area contributed by atoms with Gasteiger partial charge in [-0.2, -0.15) is 0 Å². The molecule has 0 heterocycles. The van der Waals surface area contributed by atoms with Gasteiger partial charge in [0.1, 0.15) is 5.75 Å². The van der Waals surface area contributed by atoms with Crippen LogP contribution in [0, 0.1) is 10.1 Å². The zero-order valence-electron chi connectivity index (χ0n) is 9.40. The summed E-state index contributed by atoms with van der Waals surface area (Å²) >= 11 is 5.61. The molecule has 0 fully saturated rings. The highest BCUT2D eigenvalue weighted by atomic mass is 35.5. The summed E-state index contributed by atoms with van der Waals surface area (Å²) < 4.78 is 5.24. The van der Waals surface area contributed by atoms with Crippen molar-refractivity contribution in [3.8, 4) is 5.75 Å². The molecule has 0 saturated heterocycles. The second-order valence-electron chi connectivity index (χ2n) is 3.28. The van der Waals surface area contributed by atoms with Crippen molar-refractivity contribution in [1.29, 1.82) is 0 Å². The summed E-state index contributed by atoms with van der Waals surface area (Å²) in [4.78, 5) is 10.3. The average molecular weight is 257 g/mol. The van der Waals surface area contributed by atoms with E-state index in [1.54, 1.807) is 6.07 Å². The molecule has 6 heteroatoms. The van der Waals surface area contributed by atoms with Crippen molar-refractivity contribution >= 4 is 23.0 Å². The van der Waals surface area contributed by atoms with Crippen molar-refractivity contribution in [1.82, 2.24) is 0 Å². The molecular formula is C11H13ClN2O3. The van der Waals surface area contributed by atoms with Crippen LogP contribution in [0.4, 0.5) is 11.4 Å². The van der Waals surface area contributed by atoms with Crippen molar-refractivity contribution in [2.75, 3.05) is 18.5 Å². The Hall–Kier alpha value is -1.75. The van der Waals surface area contributed by atoms with Crippen LogP contribution in [0.2, 0.25) is 0 Å². The molecule has 0 bridgehead atoms. The zero-order valence-corrected chi connectivity index (χ0v) is 10.2. The number of rotatable bonds is 6. The lowest BCUT2D eigenvalue weighted by molar-refractivity contribution is -0.384. The lowest BCUT2D eigenvalue weighted by Crippen LogP contribution is -2.02. The minimum Gasteiger partial charge on any atom is -0.494 e. The highest BCUT2D eigenvalue weighted by molar-refractivity contribution is 6.29. The molecule has 0 amide bonds. The first kappa shape index (κ1) is 13.3. The molecule has 17 heavy (non-hydrogen) atoms. The van der Waals surface area contributed by atoms with Gasteiger partial charge in [0.25, 0.3) is 5.69 Å². The first-order valence-electron chi connectivity index (χ1n) is 5.02. The van der Waals surface area contributed by atoms with E-state index in [1.165, 1.54) is 12.1 Å². The van der Waals surface area contributed by atoms with E-state index in [2.05, 4.69) is 11.9 Å². The summed E-state index contributed by atoms with van der Waals surface area (Å²) in [6.45, 7) is 6.13. The van der Waals surface area contributed by atoms with Crippen LogP contribution in [0.5, 0.6) is 5.75 Å². The number of nitrogens with one attached hydrogen (secondary N) is 1. The van der Waals surface area contributed by atoms with E-state index in [1.807, 2.05) is 6.92 Å². The molecular weight excluding hydrogens is 244 g/mol. The molecule has 0 aliphatic rings. The number of ether oxygens (including phenoxy) is 1. The smallest absolute Gasteiger partial charge is 0.275 e. The Kier molecular flexibility index (Phi) is 4.78. The van der Waals surface area contributed by atoms with Gasteiger partial charge < -0.3 is 10.1 Å². The normalized spacial score (nSPS) is 9.76. The molecule has 0 aliphatic heterocycles. The van der Waals surface area contributed by atoms with Gasteiger partial charge >= 0.3 is 0 Å². The van der Waals surface area contributed by atoms with Crippen LogP contribution in [-0.4, -0.2) is 18.1 Å². The zero-order chi connectivity index (χ0) is 12.8. The molecule has 0 unspecified atom stereocenters. The van der Waals surface area contributed by atoms with Gasteiger partial charge in [-0.3, -0.25) is 10.1 Å². The van der Waals surface area contributed by atoms with Gasteiger partial charge in [0.2, 0.25) is 0 Å². The Balaban J connectivity index is 2.94. The van der Waals surface area contributed by atoms with Gasteiger partial charge in [0, 0.05) is 22.9 Å². The standard InChI is InChI=1S/C11H13ClN2O3/c1-3-17-11-5-9(13-7-8(2)12)4-10(6-11)14(15)16/h4-6,13H,2-3,7H2,1H3. The Morgan fingerprint density at radius 1 is 1.59 bits per heavy atom. The number of halogens is 1. The van der Waals surface area contributed by atoms with Gasteiger partial charge in [0.05, 0.1) is 24.1 Å². The van der Waals surface area contributed by atoms with E-state index in [4.69, 9.17) is 16.3 Å². The molecule has 0 spiro atoms. The van der Waals surface area contributed by atoms with Gasteiger partial charge in [-0.1, -0.05) is 18.2 Å². The van der Waals surface area contributed by atoms with E-state index in [-0.39, 0.29) is 5.69 Å². The van der Waals surface area contributed by atoms with Crippen LogP contribution < -0.4 is 10.1 Å². The lowest BCUT2D eigenvalue weighted by Gasteiger charge is -2.08. The fourth-order valence-electron chi connectivity index (χ4n) is 1.24. The minimum atomic E-state index is -0.469. The van der Waals surface area contributed by atoms with Crippen LogP contribution in [0.25, 0.3) is 0 Å². The third-order valence-electron chi connectivity index (χ3n) is 1.90. The Morgan fingerprint density at radius 3 is 2.82 bits per heavy atom. The monoisotopic (exact) mass is 256 g/mol. The molecule has 0 atom stereocenters. The molecule has 0 saturated carbocycles. The van der Waals surface area contributed by atoms with Crippen molar-refractivity contribution in [2.24, 2.45) is 0 Å². The highest BCUT2D eigenvalue weighted by Crippen LogP contribution is 2.26. The van der Waals surface area contributed by atoms with Crippen LogP contribution in [-0.2, 0) is 0 Å². The fourth-order valence-corrected chi connectivity index (χ4v) is 1.31. The molecule has 0 aromatic heterocycles. The topological polar surface area (TPSA) is 64.4 Å². The number of non-ortho nitro benzene ring substituents is 1. The number of nitrogens with zero attached hydrogens (tertiary/aromatic N) is 1. The van der Waals surface area contributed by atoms with Gasteiger partial charge in [0.15, 0.2) is 0 Å². The summed E-state index contributed by atoms with van der Waals surface area (Å²) in [5, 5.41) is 14.1. The molecule has 1 rings (SSSR count). The quantitative estimate of drug-likeness (QED) is 0.627. The number of nitro groups is 1.